The molecule has 3 aliphatic rings. The molecule has 0 bridgehead atoms. The molecule has 2 amide bonds. The van der Waals surface area contributed by atoms with E-state index in [1.54, 1.807) is 16.5 Å². The van der Waals surface area contributed by atoms with Gasteiger partial charge >= 0.3 is 0 Å². The zero-order valence-electron chi connectivity index (χ0n) is 16.9. The molecule has 0 spiro atoms. The number of ether oxygens (including phenoxy) is 1. The van der Waals surface area contributed by atoms with Crippen LogP contribution in [0, 0.1) is 11.8 Å². The van der Waals surface area contributed by atoms with Crippen LogP contribution in [0.4, 0.5) is 0 Å². The number of nitrogens with one attached hydrogen (secondary N) is 1. The van der Waals surface area contributed by atoms with Gasteiger partial charge in [-0.05, 0) is 37.0 Å². The van der Waals surface area contributed by atoms with Crippen molar-refractivity contribution in [2.45, 2.75) is 50.8 Å². The molecule has 1 saturated carbocycles. The second-order valence-electron chi connectivity index (χ2n) is 8.69. The largest absolute Gasteiger partial charge is 0.367 e. The number of amides is 2. The predicted octanol–water partition coefficient (Wildman–Crippen LogP) is 2.40. The van der Waals surface area contributed by atoms with E-state index in [2.05, 4.69) is 10.3 Å². The normalized spacial score (nSPS) is 27.6. The van der Waals surface area contributed by atoms with Crippen molar-refractivity contribution in [2.75, 3.05) is 13.2 Å². The molecule has 4 atom stereocenters. The van der Waals surface area contributed by atoms with Gasteiger partial charge in [-0.1, -0.05) is 19.8 Å². The second-order valence-corrected chi connectivity index (χ2v) is 9.57. The number of likely N-dealkylation sites (tertiary alicyclic amines) is 1. The van der Waals surface area contributed by atoms with Crippen LogP contribution in [0.2, 0.25) is 0 Å². The Morgan fingerprint density at radius 2 is 2.10 bits per heavy atom. The van der Waals surface area contributed by atoms with Crippen LogP contribution in [0.1, 0.15) is 43.0 Å². The molecule has 1 aliphatic carbocycles. The number of hydrogen-bond acceptors (Lipinski definition) is 6. The van der Waals surface area contributed by atoms with E-state index in [0.717, 1.165) is 35.9 Å². The molecule has 7 nitrogen and oxygen atoms in total. The predicted molar refractivity (Wildman–Crippen MR) is 112 cm³/mol. The van der Waals surface area contributed by atoms with Crippen LogP contribution in [0.25, 0.3) is 10.2 Å². The molecule has 2 saturated heterocycles. The van der Waals surface area contributed by atoms with Crippen molar-refractivity contribution in [2.24, 2.45) is 11.8 Å². The molecule has 0 unspecified atom stereocenters. The summed E-state index contributed by atoms with van der Waals surface area (Å²) in [5, 5.41) is 3.02. The van der Waals surface area contributed by atoms with Gasteiger partial charge in [0.15, 0.2) is 5.78 Å². The van der Waals surface area contributed by atoms with Crippen molar-refractivity contribution >= 4 is 39.2 Å². The standard InChI is InChI=1S/C22H25N3O4S/c1-12-9-25(19-16(26)10-29-20(12)19)22(28)18(13-4-2-3-5-13)24-21(27)14-6-7-15-17(8-14)30-11-23-15/h6-8,11-13,18-20H,2-5,9-10H2,1H3,(H,24,27)/t12-,18-,19+,20+/m0/s1. The summed E-state index contributed by atoms with van der Waals surface area (Å²) in [4.78, 5) is 45.0. The van der Waals surface area contributed by atoms with E-state index in [4.69, 9.17) is 4.74 Å². The summed E-state index contributed by atoms with van der Waals surface area (Å²) < 4.78 is 6.58. The molecule has 30 heavy (non-hydrogen) atoms. The molecule has 5 rings (SSSR count). The molecular formula is C22H25N3O4S. The van der Waals surface area contributed by atoms with Gasteiger partial charge in [-0.15, -0.1) is 11.3 Å². The van der Waals surface area contributed by atoms with Crippen molar-refractivity contribution in [3.05, 3.63) is 29.3 Å². The molecule has 3 heterocycles. The number of ketones is 1. The lowest BCUT2D eigenvalue weighted by molar-refractivity contribution is -0.139. The zero-order chi connectivity index (χ0) is 20.8. The number of carbonyl (C=O) groups excluding carboxylic acids is 3. The van der Waals surface area contributed by atoms with Crippen LogP contribution >= 0.6 is 11.3 Å². The first kappa shape index (κ1) is 19.6. The summed E-state index contributed by atoms with van der Waals surface area (Å²) in [7, 11) is 0. The SMILES string of the molecule is C[C@H]1CN(C(=O)[C@@H](NC(=O)c2ccc3ncsc3c2)C2CCCC2)[C@@H]2C(=O)CO[C@@H]21. The number of rotatable bonds is 4. The van der Waals surface area contributed by atoms with Gasteiger partial charge in [-0.2, -0.15) is 0 Å². The Kier molecular flexibility index (Phi) is 5.06. The first-order valence-electron chi connectivity index (χ1n) is 10.6. The van der Waals surface area contributed by atoms with Gasteiger partial charge in [0.2, 0.25) is 5.91 Å². The summed E-state index contributed by atoms with van der Waals surface area (Å²) in [6.45, 7) is 2.57. The van der Waals surface area contributed by atoms with Crippen molar-refractivity contribution in [3.63, 3.8) is 0 Å². The average Bonchev–Trinajstić information content (AvgIpc) is 3.52. The fraction of sp³-hybridized carbons (Fsp3) is 0.545. The lowest BCUT2D eigenvalue weighted by Gasteiger charge is -2.30. The first-order valence-corrected chi connectivity index (χ1v) is 11.5. The van der Waals surface area contributed by atoms with Gasteiger partial charge in [0.05, 0.1) is 21.8 Å². The maximum absolute atomic E-state index is 13.6. The van der Waals surface area contributed by atoms with Gasteiger partial charge in [0.1, 0.15) is 18.7 Å². The van der Waals surface area contributed by atoms with Gasteiger partial charge in [0, 0.05) is 18.0 Å². The number of benzene rings is 1. The number of Topliss-reactive ketones (excluding diaryl/α,β-unsaturated/α-hetero) is 1. The number of thiazole rings is 1. The quantitative estimate of drug-likeness (QED) is 0.810. The van der Waals surface area contributed by atoms with E-state index in [9.17, 15) is 14.4 Å². The van der Waals surface area contributed by atoms with E-state index >= 15 is 0 Å². The summed E-state index contributed by atoms with van der Waals surface area (Å²) in [6.07, 6.45) is 3.71. The van der Waals surface area contributed by atoms with E-state index in [-0.39, 0.29) is 42.1 Å². The Labute approximate surface area is 178 Å². The Hall–Kier alpha value is -2.32. The Morgan fingerprint density at radius 1 is 1.30 bits per heavy atom. The highest BCUT2D eigenvalue weighted by Gasteiger charge is 2.52. The van der Waals surface area contributed by atoms with E-state index in [0.29, 0.717) is 12.1 Å². The Morgan fingerprint density at radius 3 is 2.90 bits per heavy atom. The Bertz CT molecular complexity index is 999. The highest BCUT2D eigenvalue weighted by atomic mass is 32.1. The summed E-state index contributed by atoms with van der Waals surface area (Å²) in [5.74, 6) is -0.232. The fourth-order valence-electron chi connectivity index (χ4n) is 5.19. The Balaban J connectivity index is 1.40. The van der Waals surface area contributed by atoms with Gasteiger partial charge in [-0.25, -0.2) is 4.98 Å². The monoisotopic (exact) mass is 427 g/mol. The van der Waals surface area contributed by atoms with E-state index in [1.807, 2.05) is 19.1 Å². The van der Waals surface area contributed by atoms with Crippen molar-refractivity contribution in [1.82, 2.24) is 15.2 Å². The van der Waals surface area contributed by atoms with E-state index < -0.39 is 12.1 Å². The average molecular weight is 428 g/mol. The molecular weight excluding hydrogens is 402 g/mol. The fourth-order valence-corrected chi connectivity index (χ4v) is 5.91. The molecule has 1 aromatic carbocycles. The van der Waals surface area contributed by atoms with Crippen LogP contribution in [-0.4, -0.2) is 58.8 Å². The second kappa shape index (κ2) is 7.74. The summed E-state index contributed by atoms with van der Waals surface area (Å²) in [5.41, 5.74) is 3.13. The maximum atomic E-state index is 13.6. The number of fused-ring (bicyclic) bond motifs is 2. The van der Waals surface area contributed by atoms with Crippen molar-refractivity contribution < 1.29 is 19.1 Å². The third-order valence-electron chi connectivity index (χ3n) is 6.74. The molecule has 3 fully saturated rings. The minimum Gasteiger partial charge on any atom is -0.367 e. The van der Waals surface area contributed by atoms with Gasteiger partial charge < -0.3 is 15.0 Å². The first-order chi connectivity index (χ1) is 14.5. The van der Waals surface area contributed by atoms with E-state index in [1.165, 1.54) is 11.3 Å². The lowest BCUT2D eigenvalue weighted by Crippen LogP contribution is -2.54. The van der Waals surface area contributed by atoms with Gasteiger partial charge in [0.25, 0.3) is 5.91 Å². The summed E-state index contributed by atoms with van der Waals surface area (Å²) >= 11 is 1.48. The third-order valence-corrected chi connectivity index (χ3v) is 7.53. The van der Waals surface area contributed by atoms with Gasteiger partial charge in [-0.3, -0.25) is 14.4 Å². The molecule has 8 heteroatoms. The summed E-state index contributed by atoms with van der Waals surface area (Å²) in [6, 6.07) is 4.27. The zero-order valence-corrected chi connectivity index (χ0v) is 17.7. The minimum atomic E-state index is -0.614. The highest BCUT2D eigenvalue weighted by Crippen LogP contribution is 2.35. The molecule has 1 N–H and O–H groups in total. The lowest BCUT2D eigenvalue weighted by atomic mass is 9.95. The number of nitrogens with zero attached hydrogens (tertiary/aromatic N) is 2. The van der Waals surface area contributed by atoms with Crippen LogP contribution < -0.4 is 5.32 Å². The number of carbonyl (C=O) groups is 3. The molecule has 158 valence electrons. The molecule has 0 radical (unpaired) electrons. The van der Waals surface area contributed by atoms with Crippen LogP contribution in [0.5, 0.6) is 0 Å². The topological polar surface area (TPSA) is 88.6 Å². The minimum absolute atomic E-state index is 0.0372. The van der Waals surface area contributed by atoms with Crippen LogP contribution in [-0.2, 0) is 14.3 Å². The van der Waals surface area contributed by atoms with Crippen LogP contribution in [0.15, 0.2) is 23.7 Å². The number of hydrogen-bond donors (Lipinski definition) is 1. The smallest absolute Gasteiger partial charge is 0.251 e. The molecule has 1 aromatic heterocycles. The van der Waals surface area contributed by atoms with Crippen molar-refractivity contribution in [3.8, 4) is 0 Å². The third kappa shape index (κ3) is 3.32. The number of aromatic nitrogens is 1. The highest BCUT2D eigenvalue weighted by molar-refractivity contribution is 7.16. The molecule has 2 aliphatic heterocycles. The molecule has 2 aromatic rings. The van der Waals surface area contributed by atoms with Crippen LogP contribution in [0.3, 0.4) is 0 Å². The van der Waals surface area contributed by atoms with Crippen molar-refractivity contribution in [1.29, 1.82) is 0 Å². The maximum Gasteiger partial charge on any atom is 0.251 e.